The average Bonchev–Trinajstić information content (AvgIpc) is 2.35. The molecule has 0 aromatic heterocycles. The van der Waals surface area contributed by atoms with Gasteiger partial charge < -0.3 is 14.8 Å². The van der Waals surface area contributed by atoms with Gasteiger partial charge in [0.2, 0.25) is 0 Å². The molecule has 0 saturated heterocycles. The Morgan fingerprint density at radius 2 is 1.35 bits per heavy atom. The molecule has 2 aromatic carbocycles. The molecule has 2 N–H and O–H groups in total. The van der Waals surface area contributed by atoms with Crippen LogP contribution in [0, 0.1) is 6.07 Å². The van der Waals surface area contributed by atoms with Crippen molar-refractivity contribution >= 4 is 47.3 Å². The maximum absolute atomic E-state index is 11.2. The maximum atomic E-state index is 11.2. The van der Waals surface area contributed by atoms with Crippen molar-refractivity contribution in [1.82, 2.24) is 0 Å². The molecule has 0 aliphatic rings. The second-order valence-electron chi connectivity index (χ2n) is 3.91. The number of rotatable bonds is 2. The Labute approximate surface area is 217 Å². The van der Waals surface area contributed by atoms with Gasteiger partial charge in [-0.15, -0.1) is 18.0 Å². The van der Waals surface area contributed by atoms with E-state index in [-0.39, 0.29) is 105 Å². The third kappa shape index (κ3) is 9.43. The first-order valence-electron chi connectivity index (χ1n) is 5.26. The van der Waals surface area contributed by atoms with E-state index in [1.807, 2.05) is 0 Å². The number of hydrogen-bond acceptors (Lipinski definition) is 10. The molecule has 0 aliphatic carbocycles. The molecule has 26 heavy (non-hydrogen) atoms. The zero-order chi connectivity index (χ0) is 18.0. The van der Waals surface area contributed by atoms with Gasteiger partial charge in [-0.1, -0.05) is 17.1 Å². The Bertz CT molecular complexity index is 1080. The van der Waals surface area contributed by atoms with Crippen LogP contribution in [0.25, 0.3) is 10.8 Å². The molecular weight excluding hydrogens is 443 g/mol. The van der Waals surface area contributed by atoms with Crippen LogP contribution in [-0.2, 0) is 30.8 Å². The first-order chi connectivity index (χ1) is 10.3. The van der Waals surface area contributed by atoms with Crippen LogP contribution in [0.2, 0.25) is 0 Å². The van der Waals surface area contributed by atoms with Crippen molar-refractivity contribution in [1.29, 1.82) is 0 Å². The van der Waals surface area contributed by atoms with E-state index in [0.717, 1.165) is 6.07 Å². The fourth-order valence-electron chi connectivity index (χ4n) is 1.67. The molecule has 0 heterocycles. The van der Waals surface area contributed by atoms with Crippen LogP contribution in [0.3, 0.4) is 0 Å². The van der Waals surface area contributed by atoms with Crippen LogP contribution in [-0.4, -0.2) is 38.6 Å². The average molecular weight is 449 g/mol. The summed E-state index contributed by atoms with van der Waals surface area (Å²) in [5.41, 5.74) is 5.50. The van der Waals surface area contributed by atoms with Crippen LogP contribution in [0.4, 0.5) is 5.69 Å². The zero-order valence-electron chi connectivity index (χ0n) is 13.8. The van der Waals surface area contributed by atoms with Gasteiger partial charge in [-0.05, 0) is 6.07 Å². The summed E-state index contributed by atoms with van der Waals surface area (Å²) in [5.74, 6) is 0. The second kappa shape index (κ2) is 12.5. The van der Waals surface area contributed by atoms with E-state index >= 15 is 0 Å². The van der Waals surface area contributed by atoms with Crippen molar-refractivity contribution in [3.05, 3.63) is 30.3 Å². The Morgan fingerprint density at radius 3 is 1.73 bits per heavy atom. The van der Waals surface area contributed by atoms with E-state index < -0.39 is 40.6 Å². The van der Waals surface area contributed by atoms with Gasteiger partial charge >= 0.3 is 99.3 Å². The number of hydrogen-bond donors (Lipinski definition) is 1. The number of anilines is 1. The van der Waals surface area contributed by atoms with Gasteiger partial charge in [0, 0.05) is 9.79 Å². The Morgan fingerprint density at radius 1 is 0.885 bits per heavy atom. The number of nitrogen functional groups attached to an aromatic ring is 1. The van der Waals surface area contributed by atoms with Crippen molar-refractivity contribution in [2.45, 2.75) is 9.79 Å². The third-order valence-electron chi connectivity index (χ3n) is 2.43. The first kappa shape index (κ1) is 31.6. The van der Waals surface area contributed by atoms with Gasteiger partial charge in [-0.3, -0.25) is 0 Å². The molecular formula is C10H6NNa3O9S3. The summed E-state index contributed by atoms with van der Waals surface area (Å²) in [6.45, 7) is 0. The van der Waals surface area contributed by atoms with Gasteiger partial charge in [-0.25, -0.2) is 16.8 Å². The molecule has 0 atom stereocenters. The van der Waals surface area contributed by atoms with Crippen LogP contribution in [0.5, 0.6) is 0 Å². The second-order valence-corrected chi connectivity index (χ2v) is 7.04. The van der Waals surface area contributed by atoms with E-state index in [9.17, 15) is 25.9 Å². The van der Waals surface area contributed by atoms with Crippen molar-refractivity contribution in [2.75, 3.05) is 5.73 Å². The summed E-state index contributed by atoms with van der Waals surface area (Å²) >= 11 is 0. The summed E-state index contributed by atoms with van der Waals surface area (Å²) in [6, 6.07) is 6.47. The van der Waals surface area contributed by atoms with E-state index in [0.29, 0.717) is 6.07 Å². The predicted molar refractivity (Wildman–Crippen MR) is 72.8 cm³/mol. The number of fused-ring (bicyclic) bond motifs is 1. The fraction of sp³-hybridized carbons (Fsp3) is 0. The largest absolute Gasteiger partial charge is 1.00 e. The van der Waals surface area contributed by atoms with Gasteiger partial charge in [-0.2, -0.15) is 18.2 Å². The molecule has 0 unspecified atom stereocenters. The fourth-order valence-corrected chi connectivity index (χ4v) is 3.03. The molecule has 0 amide bonds. The quantitative estimate of drug-likeness (QED) is 0.199. The molecule has 0 aliphatic heterocycles. The minimum Gasteiger partial charge on any atom is -0.744 e. The van der Waals surface area contributed by atoms with E-state index in [2.05, 4.69) is 6.07 Å². The van der Waals surface area contributed by atoms with Crippen molar-refractivity contribution in [3.63, 3.8) is 0 Å². The van der Waals surface area contributed by atoms with Crippen LogP contribution in [0.1, 0.15) is 0 Å². The molecule has 2 aromatic rings. The monoisotopic (exact) mass is 449 g/mol. The van der Waals surface area contributed by atoms with Gasteiger partial charge in [0.1, 0.15) is 20.2 Å². The molecule has 0 bridgehead atoms. The van der Waals surface area contributed by atoms with Gasteiger partial charge in [0.05, 0.1) is 0 Å². The summed E-state index contributed by atoms with van der Waals surface area (Å²) in [7, 11) is -13.0. The summed E-state index contributed by atoms with van der Waals surface area (Å²) < 4.78 is 91.7. The Hall–Kier alpha value is 0.940. The SMILES string of the molecule is Nc1c[c-]cc2cc(S(=O)(=O)[O-])cc(S(=O)(=O)[O-])c12.O=S(=O)=O.[Na+].[Na+].[Na+]. The van der Waals surface area contributed by atoms with E-state index in [1.165, 1.54) is 12.1 Å². The molecule has 0 spiro atoms. The van der Waals surface area contributed by atoms with Crippen LogP contribution in [0.15, 0.2) is 34.1 Å². The standard InChI is InChI=1S/C10H8NO6S2.3Na.O3S/c11-8-3-1-2-6-4-7(18(12,13)14)5-9(10(6)8)19(15,16)17;;;;1-4(2)3/h2-5H,11H2,(H,12,13,14)(H,15,16,17);;;;/q-1;3*+1;/p-2. The van der Waals surface area contributed by atoms with Crippen molar-refractivity contribution in [2.24, 2.45) is 0 Å². The van der Waals surface area contributed by atoms with Gasteiger partial charge in [0.25, 0.3) is 0 Å². The Balaban J connectivity index is -0.000000689. The van der Waals surface area contributed by atoms with E-state index in [4.69, 9.17) is 18.4 Å². The van der Waals surface area contributed by atoms with Crippen LogP contribution >= 0.6 is 0 Å². The topological polar surface area (TPSA) is 192 Å². The third-order valence-corrected chi connectivity index (χ3v) is 4.10. The molecule has 0 saturated carbocycles. The van der Waals surface area contributed by atoms with Crippen molar-refractivity contribution in [3.8, 4) is 0 Å². The zero-order valence-corrected chi connectivity index (χ0v) is 22.2. The summed E-state index contributed by atoms with van der Waals surface area (Å²) in [5, 5.41) is -0.0903. The predicted octanol–water partition coefficient (Wildman–Crippen LogP) is -9.96. The molecule has 16 heteroatoms. The van der Waals surface area contributed by atoms with E-state index in [1.54, 1.807) is 0 Å². The molecule has 126 valence electrons. The number of nitrogens with two attached hydrogens (primary N) is 1. The number of benzene rings is 2. The molecule has 2 rings (SSSR count). The first-order valence-corrected chi connectivity index (χ1v) is 9.07. The summed E-state index contributed by atoms with van der Waals surface area (Å²) in [4.78, 5) is -1.65. The van der Waals surface area contributed by atoms with Crippen LogP contribution < -0.4 is 94.4 Å². The Kier molecular flexibility index (Phi) is 15.2. The van der Waals surface area contributed by atoms with Gasteiger partial charge in [0.15, 0.2) is 0 Å². The molecule has 0 fully saturated rings. The van der Waals surface area contributed by atoms with Crippen molar-refractivity contribution < 1.29 is 127 Å². The molecule has 10 nitrogen and oxygen atoms in total. The minimum atomic E-state index is -4.98. The normalized spacial score (nSPS) is 10.2. The minimum absolute atomic E-state index is 0. The maximum Gasteiger partial charge on any atom is 1.00 e. The molecule has 0 radical (unpaired) electrons. The smallest absolute Gasteiger partial charge is 0.744 e. The summed E-state index contributed by atoms with van der Waals surface area (Å²) in [6.07, 6.45) is 0.